The third-order valence-electron chi connectivity index (χ3n) is 6.31. The van der Waals surface area contributed by atoms with Crippen LogP contribution < -0.4 is 9.62 Å². The van der Waals surface area contributed by atoms with E-state index in [1.165, 1.54) is 4.90 Å². The molecule has 0 unspecified atom stereocenters. The molecule has 2 amide bonds. The topological polar surface area (TPSA) is 86.8 Å². The molecule has 1 atom stereocenters. The number of carbonyl (C=O) groups excluding carboxylic acids is 2. The van der Waals surface area contributed by atoms with Crippen molar-refractivity contribution < 1.29 is 18.0 Å². The maximum absolute atomic E-state index is 14.1. The zero-order chi connectivity index (χ0) is 29.4. The first kappa shape index (κ1) is 31.5. The summed E-state index contributed by atoms with van der Waals surface area (Å²) in [6.45, 7) is 5.61. The number of sulfonamides is 1. The number of aryl methyl sites for hydroxylation is 1. The lowest BCUT2D eigenvalue weighted by molar-refractivity contribution is -0.140. The number of nitrogens with zero attached hydrogens (tertiary/aromatic N) is 2. The van der Waals surface area contributed by atoms with Crippen LogP contribution in [-0.2, 0) is 32.6 Å². The Kier molecular flexibility index (Phi) is 11.0. The van der Waals surface area contributed by atoms with Gasteiger partial charge >= 0.3 is 0 Å². The molecule has 0 fully saturated rings. The Balaban J connectivity index is 2.09. The van der Waals surface area contributed by atoms with E-state index < -0.39 is 28.5 Å². The number of halogens is 2. The van der Waals surface area contributed by atoms with Gasteiger partial charge in [0.25, 0.3) is 0 Å². The summed E-state index contributed by atoms with van der Waals surface area (Å²) in [7, 11) is -3.85. The van der Waals surface area contributed by atoms with Gasteiger partial charge in [-0.1, -0.05) is 85.6 Å². The van der Waals surface area contributed by atoms with Crippen molar-refractivity contribution in [3.05, 3.63) is 99.5 Å². The third-order valence-corrected chi connectivity index (χ3v) is 8.16. The van der Waals surface area contributed by atoms with Crippen LogP contribution in [0.3, 0.4) is 0 Å². The number of carbonyl (C=O) groups is 2. The van der Waals surface area contributed by atoms with Crippen molar-refractivity contribution in [2.45, 2.75) is 39.8 Å². The molecule has 0 heterocycles. The Morgan fingerprint density at radius 1 is 0.925 bits per heavy atom. The maximum Gasteiger partial charge on any atom is 0.244 e. The minimum absolute atomic E-state index is 0.0879. The van der Waals surface area contributed by atoms with Crippen LogP contribution in [0.15, 0.2) is 72.8 Å². The zero-order valence-corrected chi connectivity index (χ0v) is 25.4. The van der Waals surface area contributed by atoms with Crippen LogP contribution in [0.4, 0.5) is 5.69 Å². The summed E-state index contributed by atoms with van der Waals surface area (Å²) in [4.78, 5) is 29.1. The van der Waals surface area contributed by atoms with E-state index in [0.717, 1.165) is 21.7 Å². The molecule has 3 aromatic carbocycles. The number of hydrogen-bond acceptors (Lipinski definition) is 4. The fourth-order valence-corrected chi connectivity index (χ4v) is 5.59. The highest BCUT2D eigenvalue weighted by atomic mass is 35.5. The SMILES string of the molecule is Cc1cccc(N(CC(=O)N(Cc2c(Cl)cccc2Cl)[C@H](Cc2ccccc2)C(=O)NCC(C)C)S(C)(=O)=O)c1. The Hall–Kier alpha value is -3.07. The van der Waals surface area contributed by atoms with E-state index >= 15 is 0 Å². The predicted octanol–water partition coefficient (Wildman–Crippen LogP) is 5.48. The molecule has 40 heavy (non-hydrogen) atoms. The van der Waals surface area contributed by atoms with Crippen molar-refractivity contribution in [2.24, 2.45) is 5.92 Å². The molecule has 7 nitrogen and oxygen atoms in total. The predicted molar refractivity (Wildman–Crippen MR) is 162 cm³/mol. The van der Waals surface area contributed by atoms with E-state index in [0.29, 0.717) is 27.8 Å². The van der Waals surface area contributed by atoms with Crippen LogP contribution in [0.5, 0.6) is 0 Å². The standard InChI is InChI=1S/C30H35Cl2N3O4S/c1-21(2)18-33-30(37)28(17-23-11-6-5-7-12-23)34(19-25-26(31)14-9-15-27(25)32)29(36)20-35(40(4,38)39)24-13-8-10-22(3)16-24/h5-16,21,28H,17-20H2,1-4H3,(H,33,37)/t28-/m1/s1. The molecule has 0 radical (unpaired) electrons. The van der Waals surface area contributed by atoms with Gasteiger partial charge in [0.1, 0.15) is 12.6 Å². The summed E-state index contributed by atoms with van der Waals surface area (Å²) in [5, 5.41) is 3.62. The van der Waals surface area contributed by atoms with Gasteiger partial charge < -0.3 is 10.2 Å². The molecule has 1 N–H and O–H groups in total. The van der Waals surface area contributed by atoms with Gasteiger partial charge in [0.15, 0.2) is 0 Å². The minimum atomic E-state index is -3.85. The Labute approximate surface area is 247 Å². The van der Waals surface area contributed by atoms with Gasteiger partial charge in [0.2, 0.25) is 21.8 Å². The monoisotopic (exact) mass is 603 g/mol. The molecular weight excluding hydrogens is 569 g/mol. The van der Waals surface area contributed by atoms with Gasteiger partial charge in [0.05, 0.1) is 11.9 Å². The Morgan fingerprint density at radius 2 is 1.55 bits per heavy atom. The van der Waals surface area contributed by atoms with Crippen LogP contribution in [-0.4, -0.2) is 50.5 Å². The number of amides is 2. The molecule has 0 bridgehead atoms. The highest BCUT2D eigenvalue weighted by Crippen LogP contribution is 2.28. The first-order valence-electron chi connectivity index (χ1n) is 12.9. The molecule has 3 aromatic rings. The molecular formula is C30H35Cl2N3O4S. The molecule has 0 saturated carbocycles. The summed E-state index contributed by atoms with van der Waals surface area (Å²) >= 11 is 13.0. The molecule has 214 valence electrons. The highest BCUT2D eigenvalue weighted by molar-refractivity contribution is 7.92. The number of rotatable bonds is 12. The molecule has 10 heteroatoms. The van der Waals surface area contributed by atoms with E-state index in [4.69, 9.17) is 23.2 Å². The average molecular weight is 605 g/mol. The summed E-state index contributed by atoms with van der Waals surface area (Å²) in [6, 6.07) is 20.3. The van der Waals surface area contributed by atoms with E-state index in [1.54, 1.807) is 36.4 Å². The third kappa shape index (κ3) is 8.71. The number of nitrogens with one attached hydrogen (secondary N) is 1. The van der Waals surface area contributed by atoms with E-state index in [2.05, 4.69) is 5.32 Å². The molecule has 0 aliphatic heterocycles. The Morgan fingerprint density at radius 3 is 2.12 bits per heavy atom. The Bertz CT molecular complexity index is 1410. The second kappa shape index (κ2) is 14.0. The van der Waals surface area contributed by atoms with Gasteiger partial charge in [-0.15, -0.1) is 0 Å². The first-order chi connectivity index (χ1) is 18.9. The maximum atomic E-state index is 14.1. The molecule has 0 spiro atoms. The van der Waals surface area contributed by atoms with Crippen molar-refractivity contribution in [2.75, 3.05) is 23.7 Å². The molecule has 0 saturated heterocycles. The summed E-state index contributed by atoms with van der Waals surface area (Å²) in [5.74, 6) is -0.732. The van der Waals surface area contributed by atoms with Crippen LogP contribution >= 0.6 is 23.2 Å². The van der Waals surface area contributed by atoms with Gasteiger partial charge in [-0.2, -0.15) is 0 Å². The average Bonchev–Trinajstić information content (AvgIpc) is 2.89. The van der Waals surface area contributed by atoms with Crippen molar-refractivity contribution in [1.82, 2.24) is 10.2 Å². The van der Waals surface area contributed by atoms with Crippen LogP contribution in [0.2, 0.25) is 10.0 Å². The molecule has 0 aromatic heterocycles. The van der Waals surface area contributed by atoms with E-state index in [-0.39, 0.29) is 24.8 Å². The minimum Gasteiger partial charge on any atom is -0.354 e. The van der Waals surface area contributed by atoms with Gasteiger partial charge in [-0.05, 0) is 48.2 Å². The number of benzene rings is 3. The summed E-state index contributed by atoms with van der Waals surface area (Å²) in [6.07, 6.45) is 1.26. The molecule has 0 aliphatic carbocycles. The normalized spacial score (nSPS) is 12.2. The van der Waals surface area contributed by atoms with Crippen LogP contribution in [0.1, 0.15) is 30.5 Å². The molecule has 3 rings (SSSR count). The number of anilines is 1. The fraction of sp³-hybridized carbons (Fsp3) is 0.333. The van der Waals surface area contributed by atoms with E-state index in [1.807, 2.05) is 57.2 Å². The summed E-state index contributed by atoms with van der Waals surface area (Å²) < 4.78 is 26.8. The van der Waals surface area contributed by atoms with Crippen molar-refractivity contribution in [3.63, 3.8) is 0 Å². The second-order valence-electron chi connectivity index (χ2n) is 10.2. The van der Waals surface area contributed by atoms with Crippen LogP contribution in [0.25, 0.3) is 0 Å². The fourth-order valence-electron chi connectivity index (χ4n) is 4.23. The summed E-state index contributed by atoms with van der Waals surface area (Å²) in [5.41, 5.74) is 2.51. The quantitative estimate of drug-likeness (QED) is 0.297. The van der Waals surface area contributed by atoms with Crippen molar-refractivity contribution in [3.8, 4) is 0 Å². The lowest BCUT2D eigenvalue weighted by atomic mass is 10.0. The van der Waals surface area contributed by atoms with Crippen molar-refractivity contribution in [1.29, 1.82) is 0 Å². The largest absolute Gasteiger partial charge is 0.354 e. The smallest absolute Gasteiger partial charge is 0.244 e. The van der Waals surface area contributed by atoms with Crippen LogP contribution in [0, 0.1) is 12.8 Å². The number of hydrogen-bond donors (Lipinski definition) is 1. The highest BCUT2D eigenvalue weighted by Gasteiger charge is 2.33. The lowest BCUT2D eigenvalue weighted by Crippen LogP contribution is -2.53. The van der Waals surface area contributed by atoms with Gasteiger partial charge in [-0.25, -0.2) is 8.42 Å². The van der Waals surface area contributed by atoms with Crippen molar-refractivity contribution >= 4 is 50.7 Å². The first-order valence-corrected chi connectivity index (χ1v) is 15.6. The van der Waals surface area contributed by atoms with Gasteiger partial charge in [-0.3, -0.25) is 13.9 Å². The molecule has 0 aliphatic rings. The van der Waals surface area contributed by atoms with E-state index in [9.17, 15) is 18.0 Å². The van der Waals surface area contributed by atoms with Gasteiger partial charge in [0, 0.05) is 35.1 Å². The lowest BCUT2D eigenvalue weighted by Gasteiger charge is -2.34. The zero-order valence-electron chi connectivity index (χ0n) is 23.1. The second-order valence-corrected chi connectivity index (χ2v) is 12.9.